The second-order valence-corrected chi connectivity index (χ2v) is 6.99. The van der Waals surface area contributed by atoms with Crippen LogP contribution < -0.4 is 10.1 Å². The van der Waals surface area contributed by atoms with E-state index in [4.69, 9.17) is 9.15 Å². The fraction of sp³-hybridized carbons (Fsp3) is 0.526. The van der Waals surface area contributed by atoms with E-state index in [-0.39, 0.29) is 5.91 Å². The summed E-state index contributed by atoms with van der Waals surface area (Å²) < 4.78 is 11.0. The summed E-state index contributed by atoms with van der Waals surface area (Å²) in [5.41, 5.74) is 1.35. The van der Waals surface area contributed by atoms with Crippen molar-refractivity contribution in [1.29, 1.82) is 0 Å². The highest BCUT2D eigenvalue weighted by Gasteiger charge is 2.34. The summed E-state index contributed by atoms with van der Waals surface area (Å²) in [7, 11) is 1.62. The van der Waals surface area contributed by atoms with Crippen LogP contribution in [-0.4, -0.2) is 43.6 Å². The van der Waals surface area contributed by atoms with E-state index in [9.17, 15) is 4.79 Å². The molecule has 1 amide bonds. The van der Waals surface area contributed by atoms with E-state index in [0.29, 0.717) is 17.2 Å². The van der Waals surface area contributed by atoms with E-state index in [2.05, 4.69) is 10.2 Å². The number of nitrogens with zero attached hydrogens (tertiary/aromatic N) is 1. The number of carbonyl (C=O) groups excluding carboxylic acids is 1. The number of methoxy groups -OCH3 is 1. The first kappa shape index (κ1) is 15.5. The summed E-state index contributed by atoms with van der Waals surface area (Å²) in [5.74, 6) is 1.89. The Balaban J connectivity index is 1.46. The van der Waals surface area contributed by atoms with E-state index >= 15 is 0 Å². The molecule has 24 heavy (non-hydrogen) atoms. The van der Waals surface area contributed by atoms with Crippen LogP contribution in [0.3, 0.4) is 0 Å². The Morgan fingerprint density at radius 1 is 1.38 bits per heavy atom. The van der Waals surface area contributed by atoms with Crippen molar-refractivity contribution in [3.8, 4) is 5.75 Å². The Labute approximate surface area is 141 Å². The number of fused-ring (bicyclic) bond motifs is 1. The van der Waals surface area contributed by atoms with Gasteiger partial charge in [0.05, 0.1) is 12.7 Å². The van der Waals surface area contributed by atoms with Gasteiger partial charge < -0.3 is 19.4 Å². The van der Waals surface area contributed by atoms with Gasteiger partial charge in [0, 0.05) is 24.5 Å². The Hall–Kier alpha value is -2.01. The summed E-state index contributed by atoms with van der Waals surface area (Å²) in [4.78, 5) is 15.3. The Morgan fingerprint density at radius 3 is 2.96 bits per heavy atom. The fourth-order valence-electron chi connectivity index (χ4n) is 3.73. The van der Waals surface area contributed by atoms with Gasteiger partial charge in [-0.25, -0.2) is 0 Å². The summed E-state index contributed by atoms with van der Waals surface area (Å²) in [5, 5.41) is 3.93. The molecule has 1 aromatic heterocycles. The first-order valence-corrected chi connectivity index (χ1v) is 8.75. The van der Waals surface area contributed by atoms with Crippen LogP contribution in [0.15, 0.2) is 22.6 Å². The second-order valence-electron chi connectivity index (χ2n) is 6.99. The van der Waals surface area contributed by atoms with E-state index in [1.54, 1.807) is 7.11 Å². The molecule has 1 saturated heterocycles. The highest BCUT2D eigenvalue weighted by atomic mass is 16.5. The van der Waals surface area contributed by atoms with E-state index in [1.165, 1.54) is 25.8 Å². The average Bonchev–Trinajstić information content (AvgIpc) is 3.23. The number of furan rings is 1. The molecule has 1 aliphatic heterocycles. The molecule has 5 heteroatoms. The quantitative estimate of drug-likeness (QED) is 0.917. The maximum atomic E-state index is 12.7. The van der Waals surface area contributed by atoms with Crippen molar-refractivity contribution < 1.29 is 13.9 Å². The van der Waals surface area contributed by atoms with Crippen LogP contribution in [0.1, 0.15) is 35.4 Å². The average molecular weight is 328 g/mol. The number of nitrogens with one attached hydrogen (secondary N) is 1. The molecule has 1 aliphatic carbocycles. The maximum absolute atomic E-state index is 12.7. The molecule has 1 unspecified atom stereocenters. The zero-order chi connectivity index (χ0) is 16.7. The van der Waals surface area contributed by atoms with Crippen molar-refractivity contribution in [1.82, 2.24) is 10.2 Å². The Bertz CT molecular complexity index is 763. The van der Waals surface area contributed by atoms with Gasteiger partial charge in [-0.1, -0.05) is 0 Å². The van der Waals surface area contributed by atoms with E-state index in [1.807, 2.05) is 25.1 Å². The Kier molecular flexibility index (Phi) is 3.96. The van der Waals surface area contributed by atoms with Gasteiger partial charge in [0.25, 0.3) is 5.91 Å². The molecule has 1 saturated carbocycles. The first-order chi connectivity index (χ1) is 11.7. The van der Waals surface area contributed by atoms with Gasteiger partial charge in [0.1, 0.15) is 17.1 Å². The number of carbonyl (C=O) groups is 1. The zero-order valence-corrected chi connectivity index (χ0v) is 14.3. The zero-order valence-electron chi connectivity index (χ0n) is 14.3. The summed E-state index contributed by atoms with van der Waals surface area (Å²) >= 11 is 0. The monoisotopic (exact) mass is 328 g/mol. The van der Waals surface area contributed by atoms with Crippen molar-refractivity contribution in [2.24, 2.45) is 5.92 Å². The van der Waals surface area contributed by atoms with Gasteiger partial charge in [-0.2, -0.15) is 0 Å². The van der Waals surface area contributed by atoms with Gasteiger partial charge >= 0.3 is 0 Å². The molecule has 2 aromatic rings. The lowest BCUT2D eigenvalue weighted by Crippen LogP contribution is -2.31. The van der Waals surface area contributed by atoms with Gasteiger partial charge in [0.15, 0.2) is 0 Å². The third-order valence-electron chi connectivity index (χ3n) is 5.23. The third-order valence-corrected chi connectivity index (χ3v) is 5.23. The minimum Gasteiger partial charge on any atom is -0.497 e. The molecule has 2 heterocycles. The molecule has 1 aromatic carbocycles. The van der Waals surface area contributed by atoms with Crippen LogP contribution in [-0.2, 0) is 0 Å². The van der Waals surface area contributed by atoms with E-state index in [0.717, 1.165) is 35.9 Å². The molecular formula is C19H24N2O3. The standard InChI is InChI=1S/C19H24N2O3/c1-12-18(16-9-15(23-2)5-6-17(16)24-12)19(22)20-10-13-7-8-21(11-13)14-3-4-14/h5-6,9,13-14H,3-4,7-8,10-11H2,1-2H3,(H,20,22). The van der Waals surface area contributed by atoms with Crippen LogP contribution in [0.25, 0.3) is 11.0 Å². The van der Waals surface area contributed by atoms with Crippen LogP contribution in [0.4, 0.5) is 0 Å². The molecule has 0 radical (unpaired) electrons. The summed E-state index contributed by atoms with van der Waals surface area (Å²) in [6.45, 7) is 4.86. The SMILES string of the molecule is COc1ccc2oc(C)c(C(=O)NCC3CCN(C4CC4)C3)c2c1. The van der Waals surface area contributed by atoms with Gasteiger partial charge in [-0.15, -0.1) is 0 Å². The molecule has 2 aliphatic rings. The molecule has 1 N–H and O–H groups in total. The number of benzene rings is 1. The normalized spacial score (nSPS) is 21.3. The van der Waals surface area contributed by atoms with Crippen LogP contribution in [0.5, 0.6) is 5.75 Å². The summed E-state index contributed by atoms with van der Waals surface area (Å²) in [6.07, 6.45) is 3.87. The molecule has 128 valence electrons. The minimum atomic E-state index is -0.0515. The third kappa shape index (κ3) is 2.88. The summed E-state index contributed by atoms with van der Waals surface area (Å²) in [6, 6.07) is 6.38. The molecule has 0 bridgehead atoms. The van der Waals surface area contributed by atoms with Crippen LogP contribution >= 0.6 is 0 Å². The predicted octanol–water partition coefficient (Wildman–Crippen LogP) is 2.96. The maximum Gasteiger partial charge on any atom is 0.255 e. The largest absolute Gasteiger partial charge is 0.497 e. The second kappa shape index (κ2) is 6.13. The van der Waals surface area contributed by atoms with Gasteiger partial charge in [-0.3, -0.25) is 4.79 Å². The smallest absolute Gasteiger partial charge is 0.255 e. The number of ether oxygens (including phenoxy) is 1. The van der Waals surface area contributed by atoms with Crippen LogP contribution in [0, 0.1) is 12.8 Å². The van der Waals surface area contributed by atoms with Crippen molar-refractivity contribution in [2.45, 2.75) is 32.2 Å². The number of likely N-dealkylation sites (tertiary alicyclic amines) is 1. The fourth-order valence-corrected chi connectivity index (χ4v) is 3.73. The highest BCUT2D eigenvalue weighted by molar-refractivity contribution is 6.07. The van der Waals surface area contributed by atoms with E-state index < -0.39 is 0 Å². The molecule has 5 nitrogen and oxygen atoms in total. The minimum absolute atomic E-state index is 0.0515. The molecule has 4 rings (SSSR count). The van der Waals surface area contributed by atoms with Crippen molar-refractivity contribution in [3.05, 3.63) is 29.5 Å². The lowest BCUT2D eigenvalue weighted by atomic mass is 10.1. The predicted molar refractivity (Wildman–Crippen MR) is 92.5 cm³/mol. The molecular weight excluding hydrogens is 304 g/mol. The highest BCUT2D eigenvalue weighted by Crippen LogP contribution is 2.32. The number of hydrogen-bond acceptors (Lipinski definition) is 4. The lowest BCUT2D eigenvalue weighted by molar-refractivity contribution is 0.0947. The van der Waals surface area contributed by atoms with Gasteiger partial charge in [0.2, 0.25) is 0 Å². The molecule has 0 spiro atoms. The van der Waals surface area contributed by atoms with Crippen molar-refractivity contribution in [3.63, 3.8) is 0 Å². The number of amides is 1. The number of hydrogen-bond donors (Lipinski definition) is 1. The number of aryl methyl sites for hydroxylation is 1. The molecule has 1 atom stereocenters. The first-order valence-electron chi connectivity index (χ1n) is 8.75. The van der Waals surface area contributed by atoms with Crippen molar-refractivity contribution in [2.75, 3.05) is 26.7 Å². The van der Waals surface area contributed by atoms with Crippen molar-refractivity contribution >= 4 is 16.9 Å². The Morgan fingerprint density at radius 2 is 2.21 bits per heavy atom. The molecule has 2 fully saturated rings. The van der Waals surface area contributed by atoms with Gasteiger partial charge in [-0.05, 0) is 56.8 Å². The number of rotatable bonds is 5. The van der Waals surface area contributed by atoms with Crippen LogP contribution in [0.2, 0.25) is 0 Å². The topological polar surface area (TPSA) is 54.7 Å². The lowest BCUT2D eigenvalue weighted by Gasteiger charge is -2.15.